The minimum Gasteiger partial charge on any atom is -0.369 e. The van der Waals surface area contributed by atoms with E-state index in [0.29, 0.717) is 12.0 Å². The Labute approximate surface area is 192 Å². The van der Waals surface area contributed by atoms with E-state index in [9.17, 15) is 0 Å². The van der Waals surface area contributed by atoms with E-state index < -0.39 is 0 Å². The molecule has 1 aliphatic rings. The Balaban J connectivity index is 1.40. The number of hydrogen-bond donors (Lipinski definition) is 1. The number of rotatable bonds is 9. The highest BCUT2D eigenvalue weighted by atomic mass is 15.2. The third-order valence-electron chi connectivity index (χ3n) is 6.71. The second-order valence-electron chi connectivity index (χ2n) is 9.42. The fraction of sp³-hybridized carbons (Fsp3) is 0.481. The van der Waals surface area contributed by atoms with E-state index in [1.54, 1.807) is 0 Å². The first-order valence-corrected chi connectivity index (χ1v) is 12.0. The van der Waals surface area contributed by atoms with Crippen molar-refractivity contribution in [2.24, 2.45) is 0 Å². The lowest BCUT2D eigenvalue weighted by Crippen LogP contribution is -2.35. The van der Waals surface area contributed by atoms with E-state index in [0.717, 1.165) is 48.6 Å². The van der Waals surface area contributed by atoms with Gasteiger partial charge in [-0.1, -0.05) is 42.5 Å². The predicted octanol–water partition coefficient (Wildman–Crippen LogP) is 5.15. The SMILES string of the molecule is CN(C)CCCNc1nc(CN(C)C2CCC(c3ccccc3)CC2)nc2ccccc12. The van der Waals surface area contributed by atoms with Crippen LogP contribution in [0.2, 0.25) is 0 Å². The molecule has 1 aliphatic carbocycles. The lowest BCUT2D eigenvalue weighted by Gasteiger charge is -2.34. The average molecular weight is 432 g/mol. The molecule has 0 atom stereocenters. The maximum atomic E-state index is 4.94. The monoisotopic (exact) mass is 431 g/mol. The van der Waals surface area contributed by atoms with Gasteiger partial charge in [0.15, 0.2) is 0 Å². The largest absolute Gasteiger partial charge is 0.369 e. The first-order chi connectivity index (χ1) is 15.6. The first kappa shape index (κ1) is 22.7. The molecule has 1 N–H and O–H groups in total. The van der Waals surface area contributed by atoms with Crippen LogP contribution in [0.1, 0.15) is 49.4 Å². The fourth-order valence-corrected chi connectivity index (χ4v) is 4.86. The van der Waals surface area contributed by atoms with Crippen LogP contribution in [0, 0.1) is 0 Å². The molecule has 0 amide bonds. The van der Waals surface area contributed by atoms with E-state index in [-0.39, 0.29) is 0 Å². The molecule has 170 valence electrons. The normalized spacial score (nSPS) is 19.0. The van der Waals surface area contributed by atoms with Crippen LogP contribution in [-0.2, 0) is 6.54 Å². The van der Waals surface area contributed by atoms with E-state index >= 15 is 0 Å². The fourth-order valence-electron chi connectivity index (χ4n) is 4.86. The van der Waals surface area contributed by atoms with Gasteiger partial charge >= 0.3 is 0 Å². The molecule has 2 aromatic carbocycles. The molecule has 5 nitrogen and oxygen atoms in total. The Kier molecular flexibility index (Phi) is 7.72. The second-order valence-corrected chi connectivity index (χ2v) is 9.42. The van der Waals surface area contributed by atoms with Crippen molar-refractivity contribution in [2.45, 2.75) is 50.6 Å². The maximum Gasteiger partial charge on any atom is 0.145 e. The zero-order valence-electron chi connectivity index (χ0n) is 19.8. The van der Waals surface area contributed by atoms with Gasteiger partial charge in [-0.05, 0) is 83.4 Å². The summed E-state index contributed by atoms with van der Waals surface area (Å²) >= 11 is 0. The average Bonchev–Trinajstić information content (AvgIpc) is 2.82. The van der Waals surface area contributed by atoms with Gasteiger partial charge in [-0.3, -0.25) is 4.90 Å². The molecule has 1 aromatic heterocycles. The van der Waals surface area contributed by atoms with Crippen LogP contribution in [0.25, 0.3) is 10.9 Å². The van der Waals surface area contributed by atoms with Crippen molar-refractivity contribution in [1.29, 1.82) is 0 Å². The van der Waals surface area contributed by atoms with Gasteiger partial charge in [0.25, 0.3) is 0 Å². The van der Waals surface area contributed by atoms with Gasteiger partial charge in [0.1, 0.15) is 11.6 Å². The molecule has 3 aromatic rings. The molecule has 5 heteroatoms. The number of para-hydroxylation sites is 1. The Hall–Kier alpha value is -2.50. The van der Waals surface area contributed by atoms with Crippen LogP contribution in [0.15, 0.2) is 54.6 Å². The van der Waals surface area contributed by atoms with Crippen LogP contribution >= 0.6 is 0 Å². The number of aromatic nitrogens is 2. The molecule has 0 bridgehead atoms. The maximum absolute atomic E-state index is 4.94. The van der Waals surface area contributed by atoms with Crippen LogP contribution < -0.4 is 5.32 Å². The number of benzene rings is 2. The number of nitrogens with zero attached hydrogens (tertiary/aromatic N) is 4. The summed E-state index contributed by atoms with van der Waals surface area (Å²) in [4.78, 5) is 14.5. The summed E-state index contributed by atoms with van der Waals surface area (Å²) in [6.07, 6.45) is 6.08. The summed E-state index contributed by atoms with van der Waals surface area (Å²) in [5.41, 5.74) is 2.52. The third kappa shape index (κ3) is 5.84. The van der Waals surface area contributed by atoms with Gasteiger partial charge in [-0.15, -0.1) is 0 Å². The quantitative estimate of drug-likeness (QED) is 0.475. The minimum atomic E-state index is 0.599. The Bertz CT molecular complexity index is 980. The number of nitrogens with one attached hydrogen (secondary N) is 1. The van der Waals surface area contributed by atoms with Crippen molar-refractivity contribution < 1.29 is 0 Å². The number of fused-ring (bicyclic) bond motifs is 1. The predicted molar refractivity (Wildman–Crippen MR) is 134 cm³/mol. The van der Waals surface area contributed by atoms with Crippen molar-refractivity contribution in [3.05, 3.63) is 66.0 Å². The Morgan fingerprint density at radius 2 is 1.59 bits per heavy atom. The summed E-state index contributed by atoms with van der Waals surface area (Å²) in [5.74, 6) is 2.58. The van der Waals surface area contributed by atoms with Crippen LogP contribution in [-0.4, -0.2) is 60.0 Å². The van der Waals surface area contributed by atoms with Gasteiger partial charge in [-0.25, -0.2) is 9.97 Å². The summed E-state index contributed by atoms with van der Waals surface area (Å²) in [7, 11) is 6.46. The van der Waals surface area contributed by atoms with Gasteiger partial charge in [0, 0.05) is 18.0 Å². The molecule has 1 saturated carbocycles. The Morgan fingerprint density at radius 1 is 0.875 bits per heavy atom. The number of anilines is 1. The molecule has 0 radical (unpaired) electrons. The molecular formula is C27H37N5. The molecule has 0 unspecified atom stereocenters. The zero-order valence-corrected chi connectivity index (χ0v) is 19.8. The van der Waals surface area contributed by atoms with Crippen molar-refractivity contribution in [3.63, 3.8) is 0 Å². The van der Waals surface area contributed by atoms with E-state index in [1.807, 2.05) is 0 Å². The van der Waals surface area contributed by atoms with Crippen molar-refractivity contribution in [1.82, 2.24) is 19.8 Å². The molecule has 0 saturated heterocycles. The molecule has 0 aliphatic heterocycles. The summed E-state index contributed by atoms with van der Waals surface area (Å²) in [6, 6.07) is 19.9. The van der Waals surface area contributed by atoms with Gasteiger partial charge in [0.2, 0.25) is 0 Å². The van der Waals surface area contributed by atoms with Crippen molar-refractivity contribution >= 4 is 16.7 Å². The summed E-state index contributed by atoms with van der Waals surface area (Å²) in [6.45, 7) is 2.77. The smallest absolute Gasteiger partial charge is 0.145 e. The molecular weight excluding hydrogens is 394 g/mol. The highest BCUT2D eigenvalue weighted by molar-refractivity contribution is 5.88. The molecule has 1 heterocycles. The molecule has 0 spiro atoms. The first-order valence-electron chi connectivity index (χ1n) is 12.0. The minimum absolute atomic E-state index is 0.599. The zero-order chi connectivity index (χ0) is 22.3. The van der Waals surface area contributed by atoms with E-state index in [1.165, 1.54) is 31.2 Å². The standard InChI is InChI=1S/C27H37N5/c1-31(2)19-9-18-28-27-24-12-7-8-13-25(24)29-26(30-27)20-32(3)23-16-14-22(15-17-23)21-10-5-4-6-11-21/h4-8,10-13,22-23H,9,14-20H2,1-3H3,(H,28,29,30). The van der Waals surface area contributed by atoms with Crippen LogP contribution in [0.4, 0.5) is 5.82 Å². The van der Waals surface area contributed by atoms with Crippen LogP contribution in [0.3, 0.4) is 0 Å². The lowest BCUT2D eigenvalue weighted by atomic mass is 9.81. The highest BCUT2D eigenvalue weighted by Crippen LogP contribution is 2.34. The molecule has 4 rings (SSSR count). The van der Waals surface area contributed by atoms with Crippen molar-refractivity contribution in [2.75, 3.05) is 39.5 Å². The highest BCUT2D eigenvalue weighted by Gasteiger charge is 2.25. The van der Waals surface area contributed by atoms with Gasteiger partial charge < -0.3 is 10.2 Å². The van der Waals surface area contributed by atoms with Crippen LogP contribution in [0.5, 0.6) is 0 Å². The van der Waals surface area contributed by atoms with E-state index in [4.69, 9.17) is 9.97 Å². The second kappa shape index (κ2) is 10.9. The Morgan fingerprint density at radius 3 is 2.34 bits per heavy atom. The topological polar surface area (TPSA) is 44.3 Å². The van der Waals surface area contributed by atoms with Gasteiger partial charge in [-0.2, -0.15) is 0 Å². The van der Waals surface area contributed by atoms with E-state index in [2.05, 4.69) is 90.9 Å². The lowest BCUT2D eigenvalue weighted by molar-refractivity contribution is 0.172. The summed E-state index contributed by atoms with van der Waals surface area (Å²) in [5, 5.41) is 4.67. The van der Waals surface area contributed by atoms with Gasteiger partial charge in [0.05, 0.1) is 12.1 Å². The van der Waals surface area contributed by atoms with Crippen molar-refractivity contribution in [3.8, 4) is 0 Å². The molecule has 1 fully saturated rings. The summed E-state index contributed by atoms with van der Waals surface area (Å²) < 4.78 is 0. The third-order valence-corrected chi connectivity index (χ3v) is 6.71. The molecule has 32 heavy (non-hydrogen) atoms. The number of hydrogen-bond acceptors (Lipinski definition) is 5.